The molecule has 11 nitrogen and oxygen atoms in total. The zero-order valence-electron chi connectivity index (χ0n) is 18.7. The van der Waals surface area contributed by atoms with Gasteiger partial charge in [0, 0.05) is 12.1 Å². The van der Waals surface area contributed by atoms with Crippen molar-refractivity contribution in [2.45, 2.75) is 17.9 Å². The van der Waals surface area contributed by atoms with Crippen molar-refractivity contribution in [1.29, 1.82) is 5.41 Å². The first-order chi connectivity index (χ1) is 17.2. The van der Waals surface area contributed by atoms with Gasteiger partial charge in [0.2, 0.25) is 10.0 Å². The highest BCUT2D eigenvalue weighted by molar-refractivity contribution is 7.89. The van der Waals surface area contributed by atoms with Crippen molar-refractivity contribution in [3.8, 4) is 0 Å². The minimum atomic E-state index is -3.81. The molecule has 7 N–H and O–H groups in total. The third kappa shape index (κ3) is 4.67. The van der Waals surface area contributed by atoms with Crippen LogP contribution < -0.4 is 10.5 Å². The van der Waals surface area contributed by atoms with Crippen molar-refractivity contribution >= 4 is 43.9 Å². The number of imidazole rings is 2. The molecular formula is C24H21N7O4S. The summed E-state index contributed by atoms with van der Waals surface area (Å²) in [4.78, 5) is 26.6. The van der Waals surface area contributed by atoms with E-state index in [9.17, 15) is 13.2 Å². The van der Waals surface area contributed by atoms with E-state index in [1.54, 1.807) is 30.3 Å². The van der Waals surface area contributed by atoms with Gasteiger partial charge in [0.05, 0.1) is 38.9 Å². The van der Waals surface area contributed by atoms with Crippen LogP contribution in [0.15, 0.2) is 65.6 Å². The van der Waals surface area contributed by atoms with Crippen LogP contribution in [-0.2, 0) is 23.0 Å². The maximum Gasteiger partial charge on any atom is 0.335 e. The number of H-pyrrole nitrogens is 2. The first-order valence-electron chi connectivity index (χ1n) is 10.8. The van der Waals surface area contributed by atoms with Gasteiger partial charge in [-0.05, 0) is 60.2 Å². The highest BCUT2D eigenvalue weighted by atomic mass is 32.2. The topological polar surface area (TPSA) is 191 Å². The number of carbonyl (C=O) groups is 1. The number of nitrogens with zero attached hydrogens (tertiary/aromatic N) is 2. The van der Waals surface area contributed by atoms with Crippen LogP contribution in [0.5, 0.6) is 0 Å². The van der Waals surface area contributed by atoms with Gasteiger partial charge in [-0.15, -0.1) is 0 Å². The van der Waals surface area contributed by atoms with Crippen LogP contribution >= 0.6 is 0 Å². The van der Waals surface area contributed by atoms with E-state index in [-0.39, 0.29) is 22.8 Å². The molecule has 0 amide bonds. The van der Waals surface area contributed by atoms with Gasteiger partial charge in [0.15, 0.2) is 0 Å². The molecule has 0 fully saturated rings. The van der Waals surface area contributed by atoms with Crippen LogP contribution in [0.1, 0.15) is 33.1 Å². The van der Waals surface area contributed by atoms with Gasteiger partial charge in [0.1, 0.15) is 17.5 Å². The van der Waals surface area contributed by atoms with Crippen molar-refractivity contribution in [3.63, 3.8) is 0 Å². The number of nitrogens with two attached hydrogens (primary N) is 1. The lowest BCUT2D eigenvalue weighted by atomic mass is 10.2. The summed E-state index contributed by atoms with van der Waals surface area (Å²) in [5.41, 5.74) is 9.93. The first kappa shape index (κ1) is 23.2. The van der Waals surface area contributed by atoms with Crippen LogP contribution in [0.3, 0.4) is 0 Å². The van der Waals surface area contributed by atoms with Crippen molar-refractivity contribution in [2.24, 2.45) is 5.73 Å². The van der Waals surface area contributed by atoms with E-state index in [0.29, 0.717) is 23.6 Å². The van der Waals surface area contributed by atoms with Gasteiger partial charge < -0.3 is 20.8 Å². The van der Waals surface area contributed by atoms with E-state index < -0.39 is 16.0 Å². The summed E-state index contributed by atoms with van der Waals surface area (Å²) in [6, 6.07) is 15.8. The fraction of sp³-hybridized carbons (Fsp3) is 0.0833. The smallest absolute Gasteiger partial charge is 0.335 e. The molecule has 2 heterocycles. The Morgan fingerprint density at radius 1 is 0.917 bits per heavy atom. The fourth-order valence-electron chi connectivity index (χ4n) is 3.81. The largest absolute Gasteiger partial charge is 0.478 e. The molecule has 5 rings (SSSR count). The molecule has 2 aromatic heterocycles. The summed E-state index contributed by atoms with van der Waals surface area (Å²) < 4.78 is 27.7. The second-order valence-electron chi connectivity index (χ2n) is 8.19. The number of fused-ring (bicyclic) bond motifs is 2. The number of aromatic carboxylic acids is 1. The predicted octanol–water partition coefficient (Wildman–Crippen LogP) is 2.49. The third-order valence-corrected chi connectivity index (χ3v) is 7.07. The number of hydrogen-bond donors (Lipinski definition) is 6. The van der Waals surface area contributed by atoms with E-state index in [1.807, 2.05) is 6.07 Å². The molecule has 0 radical (unpaired) electrons. The molecule has 5 aromatic rings. The van der Waals surface area contributed by atoms with Crippen molar-refractivity contribution < 1.29 is 18.3 Å². The van der Waals surface area contributed by atoms with E-state index in [4.69, 9.17) is 16.2 Å². The van der Waals surface area contributed by atoms with E-state index in [0.717, 1.165) is 27.6 Å². The fourth-order valence-corrected chi connectivity index (χ4v) is 4.83. The molecule has 0 aliphatic carbocycles. The standard InChI is InChI=1S/C24H21N7O4S/c25-23(26)15-4-8-18-20(10-15)31-22(29-18)11-21-28-17-7-1-13(9-19(17)30-21)12-27-36(34,35)16-5-2-14(3-6-16)24(32)33/h1-10,27H,11-12H2,(H3,25,26)(H,28,30)(H,29,31)(H,32,33). The number of hydrogen-bond acceptors (Lipinski definition) is 6. The zero-order valence-corrected chi connectivity index (χ0v) is 19.6. The Morgan fingerprint density at radius 2 is 1.50 bits per heavy atom. The molecule has 0 bridgehead atoms. The highest BCUT2D eigenvalue weighted by Gasteiger charge is 2.15. The average molecular weight is 504 g/mol. The average Bonchev–Trinajstić information content (AvgIpc) is 3.44. The molecule has 0 atom stereocenters. The maximum absolute atomic E-state index is 12.6. The van der Waals surface area contributed by atoms with E-state index >= 15 is 0 Å². The number of aromatic amines is 2. The van der Waals surface area contributed by atoms with Gasteiger partial charge in [0.25, 0.3) is 0 Å². The minimum absolute atomic E-state index is 0.0120. The van der Waals surface area contributed by atoms with Gasteiger partial charge in [-0.3, -0.25) is 5.41 Å². The van der Waals surface area contributed by atoms with Crippen LogP contribution in [0.4, 0.5) is 0 Å². The quantitative estimate of drug-likeness (QED) is 0.138. The Morgan fingerprint density at radius 3 is 2.11 bits per heavy atom. The molecule has 182 valence electrons. The number of amidine groups is 1. The number of sulfonamides is 1. The number of carboxylic acid groups (broad SMARTS) is 1. The summed E-state index contributed by atoms with van der Waals surface area (Å²) in [6.07, 6.45) is 0.424. The van der Waals surface area contributed by atoms with Gasteiger partial charge in [-0.2, -0.15) is 0 Å². The van der Waals surface area contributed by atoms with Crippen LogP contribution in [-0.4, -0.2) is 45.3 Å². The number of nitrogens with one attached hydrogen (secondary N) is 4. The third-order valence-electron chi connectivity index (χ3n) is 5.65. The van der Waals surface area contributed by atoms with Crippen molar-refractivity contribution in [1.82, 2.24) is 24.7 Å². The number of benzene rings is 3. The Labute approximate surface area is 205 Å². The molecule has 12 heteroatoms. The first-order valence-corrected chi connectivity index (χ1v) is 12.3. The maximum atomic E-state index is 12.6. The second kappa shape index (κ2) is 8.91. The normalized spacial score (nSPS) is 11.8. The Bertz CT molecular complexity index is 1740. The molecule has 0 aliphatic heterocycles. The lowest BCUT2D eigenvalue weighted by Crippen LogP contribution is -2.23. The molecule has 3 aromatic carbocycles. The van der Waals surface area contributed by atoms with Gasteiger partial charge in [-0.1, -0.05) is 6.07 Å². The zero-order chi connectivity index (χ0) is 25.4. The summed E-state index contributed by atoms with van der Waals surface area (Å²) in [5.74, 6) is 0.250. The molecule has 0 spiro atoms. The predicted molar refractivity (Wildman–Crippen MR) is 133 cm³/mol. The summed E-state index contributed by atoms with van der Waals surface area (Å²) in [6.45, 7) is 0.0510. The number of nitrogen functional groups attached to an aromatic ring is 1. The minimum Gasteiger partial charge on any atom is -0.478 e. The van der Waals surface area contributed by atoms with Crippen LogP contribution in [0, 0.1) is 5.41 Å². The Kier molecular flexibility index (Phi) is 5.74. The number of aromatic nitrogens is 4. The van der Waals surface area contributed by atoms with E-state index in [1.165, 1.54) is 24.3 Å². The van der Waals surface area contributed by atoms with Crippen LogP contribution in [0.2, 0.25) is 0 Å². The second-order valence-corrected chi connectivity index (χ2v) is 9.96. The lowest BCUT2D eigenvalue weighted by Gasteiger charge is -2.07. The van der Waals surface area contributed by atoms with Gasteiger partial charge in [-0.25, -0.2) is 27.9 Å². The summed E-state index contributed by atoms with van der Waals surface area (Å²) in [5, 5.41) is 16.5. The van der Waals surface area contributed by atoms with Crippen molar-refractivity contribution in [3.05, 3.63) is 89.0 Å². The molecule has 0 unspecified atom stereocenters. The Hall–Kier alpha value is -4.55. The molecule has 36 heavy (non-hydrogen) atoms. The van der Waals surface area contributed by atoms with Crippen LogP contribution in [0.25, 0.3) is 22.1 Å². The lowest BCUT2D eigenvalue weighted by molar-refractivity contribution is 0.0696. The molecule has 0 saturated carbocycles. The highest BCUT2D eigenvalue weighted by Crippen LogP contribution is 2.19. The van der Waals surface area contributed by atoms with Gasteiger partial charge >= 0.3 is 5.97 Å². The van der Waals surface area contributed by atoms with E-state index in [2.05, 4.69) is 24.7 Å². The summed E-state index contributed by atoms with van der Waals surface area (Å²) in [7, 11) is -3.81. The molecule has 0 saturated heterocycles. The number of carboxylic acids is 1. The van der Waals surface area contributed by atoms with Crippen molar-refractivity contribution in [2.75, 3.05) is 0 Å². The molecular weight excluding hydrogens is 482 g/mol. The molecule has 0 aliphatic rings. The monoisotopic (exact) mass is 503 g/mol. The Balaban J connectivity index is 1.30. The summed E-state index contributed by atoms with van der Waals surface area (Å²) >= 11 is 0. The SMILES string of the molecule is N=C(N)c1ccc2nc(Cc3nc4ccc(CNS(=O)(=O)c5ccc(C(=O)O)cc5)cc4[nH]3)[nH]c2c1. The number of rotatable bonds is 8.